The summed E-state index contributed by atoms with van der Waals surface area (Å²) in [7, 11) is 0. The van der Waals surface area contributed by atoms with Crippen molar-refractivity contribution in [2.75, 3.05) is 0 Å². The predicted molar refractivity (Wildman–Crippen MR) is 92.7 cm³/mol. The highest BCUT2D eigenvalue weighted by molar-refractivity contribution is 5.83. The van der Waals surface area contributed by atoms with Crippen LogP contribution in [0.25, 0.3) is 28.0 Å². The lowest BCUT2D eigenvalue weighted by molar-refractivity contribution is 0.626. The number of aromatic nitrogens is 5. The molecule has 0 aliphatic carbocycles. The molecule has 0 fully saturated rings. The van der Waals surface area contributed by atoms with Gasteiger partial charge in [0.05, 0.1) is 0 Å². The van der Waals surface area contributed by atoms with Gasteiger partial charge in [-0.2, -0.15) is 10.2 Å². The summed E-state index contributed by atoms with van der Waals surface area (Å²) in [4.78, 5) is 4.19. The first-order valence-corrected chi connectivity index (χ1v) is 8.37. The van der Waals surface area contributed by atoms with E-state index in [0.29, 0.717) is 11.3 Å². The van der Waals surface area contributed by atoms with Crippen LogP contribution in [-0.4, -0.2) is 24.4 Å². The Bertz CT molecular complexity index is 1110. The summed E-state index contributed by atoms with van der Waals surface area (Å²) in [5.74, 6) is -0.245. The summed E-state index contributed by atoms with van der Waals surface area (Å²) in [6, 6.07) is 9.10. The zero-order valence-corrected chi connectivity index (χ0v) is 13.8. The van der Waals surface area contributed by atoms with E-state index >= 15 is 0 Å². The van der Waals surface area contributed by atoms with E-state index < -0.39 is 0 Å². The Morgan fingerprint density at radius 3 is 3.00 bits per heavy atom. The standard InChI is InChI=1S/C19H16FN5/c1-12-4-6-15(20)14(9-12)19-18(16-3-2-8-24(16)23-19)13-5-7-17-21-11-22-25(17)10-13/h4-7,9-11H,2-3,8H2,1H3. The summed E-state index contributed by atoms with van der Waals surface area (Å²) >= 11 is 0. The van der Waals surface area contributed by atoms with E-state index in [9.17, 15) is 4.39 Å². The van der Waals surface area contributed by atoms with Crippen LogP contribution in [0.2, 0.25) is 0 Å². The molecule has 0 atom stereocenters. The zero-order valence-electron chi connectivity index (χ0n) is 13.8. The first kappa shape index (κ1) is 14.3. The van der Waals surface area contributed by atoms with Crippen molar-refractivity contribution in [2.24, 2.45) is 0 Å². The highest BCUT2D eigenvalue weighted by Crippen LogP contribution is 2.38. The fraction of sp³-hybridized carbons (Fsp3) is 0.211. The molecular formula is C19H16FN5. The molecule has 1 aromatic carbocycles. The Morgan fingerprint density at radius 2 is 2.08 bits per heavy atom. The third kappa shape index (κ3) is 2.17. The van der Waals surface area contributed by atoms with Crippen LogP contribution >= 0.6 is 0 Å². The van der Waals surface area contributed by atoms with Crippen molar-refractivity contribution < 1.29 is 4.39 Å². The maximum atomic E-state index is 14.5. The normalized spacial score (nSPS) is 13.5. The van der Waals surface area contributed by atoms with Gasteiger partial charge in [-0.3, -0.25) is 4.68 Å². The molecule has 0 unspecified atom stereocenters. The molecule has 0 saturated heterocycles. The van der Waals surface area contributed by atoms with Crippen molar-refractivity contribution in [1.82, 2.24) is 24.4 Å². The Balaban J connectivity index is 1.79. The van der Waals surface area contributed by atoms with E-state index in [1.54, 1.807) is 10.6 Å². The molecule has 5 rings (SSSR count). The van der Waals surface area contributed by atoms with Crippen LogP contribution in [0, 0.1) is 12.7 Å². The Hall–Kier alpha value is -3.02. The second-order valence-electron chi connectivity index (χ2n) is 6.46. The van der Waals surface area contributed by atoms with Crippen molar-refractivity contribution in [2.45, 2.75) is 26.3 Å². The summed E-state index contributed by atoms with van der Waals surface area (Å²) in [5, 5.41) is 8.96. The minimum Gasteiger partial charge on any atom is -0.268 e. The summed E-state index contributed by atoms with van der Waals surface area (Å²) in [6.45, 7) is 2.84. The summed E-state index contributed by atoms with van der Waals surface area (Å²) in [6.07, 6.45) is 5.49. The van der Waals surface area contributed by atoms with E-state index in [0.717, 1.165) is 47.4 Å². The maximum absolute atomic E-state index is 14.5. The molecule has 4 aromatic rings. The van der Waals surface area contributed by atoms with Gasteiger partial charge in [-0.25, -0.2) is 13.9 Å². The molecule has 0 radical (unpaired) electrons. The van der Waals surface area contributed by atoms with Crippen molar-refractivity contribution in [3.63, 3.8) is 0 Å². The smallest absolute Gasteiger partial charge is 0.155 e. The number of pyridine rings is 1. The number of nitrogens with zero attached hydrogens (tertiary/aromatic N) is 5. The van der Waals surface area contributed by atoms with Crippen LogP contribution in [0.15, 0.2) is 42.9 Å². The lowest BCUT2D eigenvalue weighted by Gasteiger charge is -2.08. The summed E-state index contributed by atoms with van der Waals surface area (Å²) in [5.41, 5.74) is 6.20. The molecule has 0 bridgehead atoms. The fourth-order valence-corrected chi connectivity index (χ4v) is 3.61. The fourth-order valence-electron chi connectivity index (χ4n) is 3.61. The third-order valence-electron chi connectivity index (χ3n) is 4.78. The van der Waals surface area contributed by atoms with Crippen molar-refractivity contribution in [3.8, 4) is 22.4 Å². The molecule has 0 amide bonds. The largest absolute Gasteiger partial charge is 0.268 e. The van der Waals surface area contributed by atoms with Gasteiger partial charge in [0.15, 0.2) is 5.65 Å². The number of benzene rings is 1. The maximum Gasteiger partial charge on any atom is 0.155 e. The highest BCUT2D eigenvalue weighted by atomic mass is 19.1. The van der Waals surface area contributed by atoms with Crippen LogP contribution in [0.3, 0.4) is 0 Å². The van der Waals surface area contributed by atoms with Gasteiger partial charge in [-0.15, -0.1) is 0 Å². The number of halogens is 1. The first-order valence-electron chi connectivity index (χ1n) is 8.37. The average molecular weight is 333 g/mol. The quantitative estimate of drug-likeness (QED) is 0.562. The number of hydrogen-bond donors (Lipinski definition) is 0. The Morgan fingerprint density at radius 1 is 1.16 bits per heavy atom. The van der Waals surface area contributed by atoms with Crippen LogP contribution in [0.1, 0.15) is 17.7 Å². The van der Waals surface area contributed by atoms with Gasteiger partial charge < -0.3 is 0 Å². The molecule has 25 heavy (non-hydrogen) atoms. The van der Waals surface area contributed by atoms with Crippen LogP contribution in [-0.2, 0) is 13.0 Å². The van der Waals surface area contributed by atoms with Crippen LogP contribution < -0.4 is 0 Å². The van der Waals surface area contributed by atoms with E-state index in [1.165, 1.54) is 12.4 Å². The average Bonchev–Trinajstić information content (AvgIpc) is 3.30. The van der Waals surface area contributed by atoms with Crippen molar-refractivity contribution in [3.05, 3.63) is 59.9 Å². The van der Waals surface area contributed by atoms with Gasteiger partial charge in [0, 0.05) is 35.1 Å². The van der Waals surface area contributed by atoms with Gasteiger partial charge in [0.25, 0.3) is 0 Å². The van der Waals surface area contributed by atoms with Crippen molar-refractivity contribution in [1.29, 1.82) is 0 Å². The van der Waals surface area contributed by atoms with Gasteiger partial charge in [-0.1, -0.05) is 11.6 Å². The van der Waals surface area contributed by atoms with E-state index in [-0.39, 0.29) is 5.82 Å². The Labute approximate surface area is 143 Å². The minimum atomic E-state index is -0.245. The molecule has 0 spiro atoms. The third-order valence-corrected chi connectivity index (χ3v) is 4.78. The van der Waals surface area contributed by atoms with E-state index in [4.69, 9.17) is 5.10 Å². The number of fused-ring (bicyclic) bond motifs is 2. The molecule has 3 aromatic heterocycles. The van der Waals surface area contributed by atoms with E-state index in [2.05, 4.69) is 10.1 Å². The number of hydrogen-bond acceptors (Lipinski definition) is 3. The number of aryl methyl sites for hydroxylation is 2. The predicted octanol–water partition coefficient (Wildman–Crippen LogP) is 3.65. The Kier molecular flexibility index (Phi) is 3.00. The van der Waals surface area contributed by atoms with Gasteiger partial charge in [0.2, 0.25) is 0 Å². The second kappa shape index (κ2) is 5.24. The van der Waals surface area contributed by atoms with Crippen LogP contribution in [0.5, 0.6) is 0 Å². The molecular weight excluding hydrogens is 317 g/mol. The minimum absolute atomic E-state index is 0.245. The monoisotopic (exact) mass is 333 g/mol. The topological polar surface area (TPSA) is 48.0 Å². The van der Waals surface area contributed by atoms with E-state index in [1.807, 2.05) is 36.0 Å². The molecule has 5 nitrogen and oxygen atoms in total. The lowest BCUT2D eigenvalue weighted by Crippen LogP contribution is -1.95. The molecule has 1 aliphatic rings. The first-order chi connectivity index (χ1) is 12.2. The van der Waals surface area contributed by atoms with Crippen molar-refractivity contribution >= 4 is 5.65 Å². The molecule has 4 heterocycles. The SMILES string of the molecule is Cc1ccc(F)c(-c2nn3c(c2-c2ccc4ncnn4c2)CCC3)c1. The van der Waals surface area contributed by atoms with Gasteiger partial charge >= 0.3 is 0 Å². The highest BCUT2D eigenvalue weighted by Gasteiger charge is 2.25. The summed E-state index contributed by atoms with van der Waals surface area (Å²) < 4.78 is 18.3. The molecule has 0 saturated carbocycles. The molecule has 1 aliphatic heterocycles. The zero-order chi connectivity index (χ0) is 17.0. The van der Waals surface area contributed by atoms with Gasteiger partial charge in [-0.05, 0) is 44.0 Å². The van der Waals surface area contributed by atoms with Gasteiger partial charge in [0.1, 0.15) is 17.8 Å². The molecule has 124 valence electrons. The lowest BCUT2D eigenvalue weighted by atomic mass is 9.98. The van der Waals surface area contributed by atoms with Crippen LogP contribution in [0.4, 0.5) is 4.39 Å². The number of rotatable bonds is 2. The second-order valence-corrected chi connectivity index (χ2v) is 6.46. The molecule has 0 N–H and O–H groups in total. The molecule has 6 heteroatoms.